The highest BCUT2D eigenvalue weighted by atomic mass is 127. The van der Waals surface area contributed by atoms with Crippen molar-refractivity contribution in [2.45, 2.75) is 0 Å². The normalized spacial score (nSPS) is 10.8. The summed E-state index contributed by atoms with van der Waals surface area (Å²) < 4.78 is 2.63. The highest BCUT2D eigenvalue weighted by molar-refractivity contribution is 14.1. The summed E-state index contributed by atoms with van der Waals surface area (Å²) in [6.45, 7) is 0. The number of aromatic carboxylic acids is 1. The molecule has 0 saturated heterocycles. The van der Waals surface area contributed by atoms with Crippen LogP contribution in [0.1, 0.15) is 10.4 Å². The lowest BCUT2D eigenvalue weighted by Crippen LogP contribution is -2.29. The summed E-state index contributed by atoms with van der Waals surface area (Å²) >= 11 is 2.13. The van der Waals surface area contributed by atoms with Gasteiger partial charge in [0.05, 0.1) is 11.2 Å². The summed E-state index contributed by atoms with van der Waals surface area (Å²) in [5.41, 5.74) is 4.80. The van der Waals surface area contributed by atoms with E-state index < -0.39 is 17.8 Å². The van der Waals surface area contributed by atoms with Crippen molar-refractivity contribution in [1.82, 2.24) is 4.57 Å². The third-order valence-corrected chi connectivity index (χ3v) is 7.41. The molecule has 8 nitrogen and oxygen atoms in total. The first-order chi connectivity index (χ1) is 18.7. The lowest BCUT2D eigenvalue weighted by atomic mass is 10.1. The number of carbonyl (C=O) groups is 3. The Hall–Kier alpha value is -4.64. The molecule has 0 radical (unpaired) electrons. The van der Waals surface area contributed by atoms with E-state index >= 15 is 0 Å². The van der Waals surface area contributed by atoms with E-state index in [0.717, 1.165) is 26.0 Å². The number of aromatic hydroxyl groups is 1. The predicted octanol–water partition coefficient (Wildman–Crippen LogP) is 6.10. The molecule has 194 valence electrons. The number of aromatic nitrogens is 1. The molecule has 5 aromatic rings. The number of hydrogen-bond acceptors (Lipinski definition) is 4. The number of nitrogens with one attached hydrogen (secondary N) is 2. The Kier molecular flexibility index (Phi) is 7.07. The van der Waals surface area contributed by atoms with Crippen molar-refractivity contribution in [3.63, 3.8) is 0 Å². The first-order valence-corrected chi connectivity index (χ1v) is 12.9. The van der Waals surface area contributed by atoms with Crippen LogP contribution in [0.3, 0.4) is 0 Å². The fourth-order valence-electron chi connectivity index (χ4n) is 4.44. The summed E-state index contributed by atoms with van der Waals surface area (Å²) in [6.07, 6.45) is 0. The van der Waals surface area contributed by atoms with Crippen molar-refractivity contribution in [2.75, 3.05) is 10.6 Å². The second-order valence-electron chi connectivity index (χ2n) is 8.85. The molecule has 4 aromatic carbocycles. The van der Waals surface area contributed by atoms with Crippen molar-refractivity contribution in [2.24, 2.45) is 7.05 Å². The number of fused-ring (bicyclic) bond motifs is 1. The van der Waals surface area contributed by atoms with Crippen LogP contribution in [0, 0.1) is 3.57 Å². The van der Waals surface area contributed by atoms with Gasteiger partial charge < -0.3 is 25.4 Å². The molecule has 0 unspecified atom stereocenters. The van der Waals surface area contributed by atoms with Gasteiger partial charge in [0, 0.05) is 39.0 Å². The van der Waals surface area contributed by atoms with E-state index in [-0.39, 0.29) is 11.3 Å². The Bertz CT molecular complexity index is 1760. The minimum atomic E-state index is -1.22. The molecule has 1 aromatic heterocycles. The molecule has 1 heterocycles. The van der Waals surface area contributed by atoms with E-state index in [1.807, 2.05) is 60.1 Å². The van der Waals surface area contributed by atoms with E-state index in [1.165, 1.54) is 12.1 Å². The zero-order valence-corrected chi connectivity index (χ0v) is 22.8. The maximum absolute atomic E-state index is 12.7. The number of carboxylic acids is 1. The summed E-state index contributed by atoms with van der Waals surface area (Å²) in [7, 11) is 1.81. The fourth-order valence-corrected chi connectivity index (χ4v) is 5.55. The van der Waals surface area contributed by atoms with Crippen LogP contribution >= 0.6 is 22.6 Å². The Balaban J connectivity index is 1.37. The molecule has 0 aliphatic rings. The number of phenols is 1. The van der Waals surface area contributed by atoms with E-state index in [4.69, 9.17) is 0 Å². The van der Waals surface area contributed by atoms with Crippen LogP contribution in [0.2, 0.25) is 0 Å². The first kappa shape index (κ1) is 26.0. The summed E-state index contributed by atoms with van der Waals surface area (Å²) in [4.78, 5) is 36.9. The van der Waals surface area contributed by atoms with E-state index in [1.54, 1.807) is 30.3 Å². The van der Waals surface area contributed by atoms with Crippen molar-refractivity contribution in [3.8, 4) is 28.1 Å². The molecule has 4 N–H and O–H groups in total. The highest BCUT2D eigenvalue weighted by Crippen LogP contribution is 2.37. The Morgan fingerprint density at radius 3 is 1.92 bits per heavy atom. The van der Waals surface area contributed by atoms with E-state index in [0.29, 0.717) is 22.3 Å². The van der Waals surface area contributed by atoms with Gasteiger partial charge in [-0.25, -0.2) is 4.79 Å². The van der Waals surface area contributed by atoms with Crippen molar-refractivity contribution in [3.05, 3.63) is 100 Å². The van der Waals surface area contributed by atoms with Crippen LogP contribution in [-0.4, -0.2) is 32.6 Å². The fraction of sp³-hybridized carbons (Fsp3) is 0.0333. The van der Waals surface area contributed by atoms with Crippen LogP contribution in [0.25, 0.3) is 33.3 Å². The van der Waals surface area contributed by atoms with Crippen LogP contribution in [0.4, 0.5) is 11.4 Å². The molecule has 0 saturated carbocycles. The molecule has 0 atom stereocenters. The van der Waals surface area contributed by atoms with Gasteiger partial charge in [-0.15, -0.1) is 0 Å². The average Bonchev–Trinajstić information content (AvgIpc) is 3.17. The number of rotatable bonds is 5. The largest absolute Gasteiger partial charge is 0.507 e. The van der Waals surface area contributed by atoms with Crippen LogP contribution in [0.15, 0.2) is 91.0 Å². The summed E-state index contributed by atoms with van der Waals surface area (Å²) in [5, 5.41) is 25.5. The third kappa shape index (κ3) is 5.21. The predicted molar refractivity (Wildman–Crippen MR) is 159 cm³/mol. The number of carboxylic acid groups (broad SMARTS) is 1. The van der Waals surface area contributed by atoms with Gasteiger partial charge in [0.25, 0.3) is 0 Å². The van der Waals surface area contributed by atoms with Gasteiger partial charge in [-0.1, -0.05) is 54.6 Å². The number of carbonyl (C=O) groups excluding carboxylic acids is 2. The highest BCUT2D eigenvalue weighted by Gasteiger charge is 2.20. The van der Waals surface area contributed by atoms with Crippen LogP contribution < -0.4 is 10.6 Å². The van der Waals surface area contributed by atoms with E-state index in [9.17, 15) is 24.6 Å². The molecule has 5 rings (SSSR count). The molecule has 0 aliphatic heterocycles. The monoisotopic (exact) mass is 631 g/mol. The minimum absolute atomic E-state index is 0.182. The maximum Gasteiger partial charge on any atom is 0.339 e. The van der Waals surface area contributed by atoms with Gasteiger partial charge >= 0.3 is 17.8 Å². The minimum Gasteiger partial charge on any atom is -0.507 e. The zero-order valence-electron chi connectivity index (χ0n) is 20.6. The van der Waals surface area contributed by atoms with Gasteiger partial charge in [-0.05, 0) is 64.0 Å². The first-order valence-electron chi connectivity index (χ1n) is 11.9. The molecule has 9 heteroatoms. The van der Waals surface area contributed by atoms with Gasteiger partial charge in [0.1, 0.15) is 11.3 Å². The maximum atomic E-state index is 12.7. The average molecular weight is 631 g/mol. The van der Waals surface area contributed by atoms with Crippen molar-refractivity contribution in [1.29, 1.82) is 0 Å². The Labute approximate surface area is 237 Å². The lowest BCUT2D eigenvalue weighted by Gasteiger charge is -2.10. The van der Waals surface area contributed by atoms with Crippen LogP contribution in [-0.2, 0) is 16.6 Å². The Morgan fingerprint density at radius 1 is 0.744 bits per heavy atom. The number of halogens is 1. The number of amides is 2. The number of hydrogen-bond donors (Lipinski definition) is 4. The van der Waals surface area contributed by atoms with Gasteiger partial charge in [-0.3, -0.25) is 9.59 Å². The molecule has 0 aliphatic carbocycles. The van der Waals surface area contributed by atoms with Crippen molar-refractivity contribution >= 4 is 62.7 Å². The quantitative estimate of drug-likeness (QED) is 0.138. The smallest absolute Gasteiger partial charge is 0.339 e. The van der Waals surface area contributed by atoms with E-state index in [2.05, 4.69) is 33.2 Å². The number of aryl methyl sites for hydroxylation is 1. The van der Waals surface area contributed by atoms with Crippen molar-refractivity contribution < 1.29 is 24.6 Å². The molecule has 0 fully saturated rings. The second kappa shape index (κ2) is 10.6. The number of benzene rings is 4. The topological polar surface area (TPSA) is 121 Å². The molecule has 0 spiro atoms. The molecular weight excluding hydrogens is 609 g/mol. The van der Waals surface area contributed by atoms with Gasteiger partial charge in [-0.2, -0.15) is 0 Å². The number of nitrogens with zero attached hydrogens (tertiary/aromatic N) is 1. The van der Waals surface area contributed by atoms with Gasteiger partial charge in [0.2, 0.25) is 0 Å². The lowest BCUT2D eigenvalue weighted by molar-refractivity contribution is -0.132. The molecule has 0 bridgehead atoms. The molecular formula is C30H22IN3O5. The summed E-state index contributed by atoms with van der Waals surface area (Å²) in [5.74, 6) is -3.16. The van der Waals surface area contributed by atoms with Gasteiger partial charge in [0.15, 0.2) is 0 Å². The SMILES string of the molecule is Cn1c(-c2cccc(NC(=O)C(=O)Nc3cccc(-c4ccccc4)c3)c2)c(I)c2cc(C(=O)O)c(O)cc21. The zero-order chi connectivity index (χ0) is 27.7. The standard InChI is InChI=1S/C30H22IN3O5/c1-34-24-16-25(35)23(30(38)39)15-22(24)26(31)27(34)19-10-6-12-21(14-19)33-29(37)28(36)32-20-11-5-9-18(13-20)17-7-3-2-4-8-17/h2-16,35H,1H3,(H,32,36)(H,33,37)(H,38,39). The summed E-state index contributed by atoms with van der Waals surface area (Å²) in [6, 6.07) is 26.8. The second-order valence-corrected chi connectivity index (χ2v) is 9.93. The Morgan fingerprint density at radius 2 is 1.31 bits per heavy atom. The van der Waals surface area contributed by atoms with Crippen LogP contribution in [0.5, 0.6) is 5.75 Å². The molecule has 2 amide bonds. The molecule has 39 heavy (non-hydrogen) atoms. The third-order valence-electron chi connectivity index (χ3n) is 6.31. The number of anilines is 2.